The molecule has 2 N–H and O–H groups in total. The van der Waals surface area contributed by atoms with Crippen LogP contribution in [-0.2, 0) is 17.6 Å². The molecule has 5 nitrogen and oxygen atoms in total. The molecule has 5 heteroatoms. The number of aliphatic carboxylic acids is 1. The molecule has 1 saturated carbocycles. The molecule has 2 aliphatic rings. The first-order valence-electron chi connectivity index (χ1n) is 7.56. The zero-order valence-corrected chi connectivity index (χ0v) is 11.7. The highest BCUT2D eigenvalue weighted by atomic mass is 16.4. The summed E-state index contributed by atoms with van der Waals surface area (Å²) in [4.78, 5) is 20.4. The lowest BCUT2D eigenvalue weighted by molar-refractivity contribution is -0.142. The molecule has 0 atom stereocenters. The number of nitrogens with one attached hydrogen (secondary N) is 1. The molecule has 0 aromatic carbocycles. The Hall–Kier alpha value is -1.65. The van der Waals surface area contributed by atoms with Gasteiger partial charge in [0.05, 0.1) is 0 Å². The summed E-state index contributed by atoms with van der Waals surface area (Å²) in [6, 6.07) is 0. The van der Waals surface area contributed by atoms with Gasteiger partial charge in [-0.1, -0.05) is 19.3 Å². The van der Waals surface area contributed by atoms with E-state index in [-0.39, 0.29) is 0 Å². The van der Waals surface area contributed by atoms with Gasteiger partial charge in [-0.25, -0.2) is 14.8 Å². The second-order valence-corrected chi connectivity index (χ2v) is 5.93. The van der Waals surface area contributed by atoms with Crippen LogP contribution in [0.2, 0.25) is 0 Å². The fraction of sp³-hybridized carbons (Fsp3) is 0.667. The molecule has 0 unspecified atom stereocenters. The largest absolute Gasteiger partial charge is 0.480 e. The molecule has 1 heterocycles. The van der Waals surface area contributed by atoms with Crippen molar-refractivity contribution in [2.75, 3.05) is 5.32 Å². The summed E-state index contributed by atoms with van der Waals surface area (Å²) in [5.41, 5.74) is 1.41. The Bertz CT molecular complexity index is 510. The Morgan fingerprint density at radius 1 is 1.10 bits per heavy atom. The minimum atomic E-state index is -0.825. The molecule has 1 aromatic rings. The minimum absolute atomic E-state index is 0.682. The number of carbonyl (C=O) groups is 1. The van der Waals surface area contributed by atoms with Crippen LogP contribution in [0, 0.1) is 0 Å². The number of carboxylic acid groups (broad SMARTS) is 1. The molecule has 1 fully saturated rings. The Morgan fingerprint density at radius 3 is 2.60 bits per heavy atom. The summed E-state index contributed by atoms with van der Waals surface area (Å²) in [6.45, 7) is 0. The maximum Gasteiger partial charge on any atom is 0.329 e. The van der Waals surface area contributed by atoms with Gasteiger partial charge >= 0.3 is 5.97 Å². The van der Waals surface area contributed by atoms with Crippen molar-refractivity contribution in [2.45, 2.75) is 63.3 Å². The second kappa shape index (κ2) is 5.38. The van der Waals surface area contributed by atoms with Crippen molar-refractivity contribution in [2.24, 2.45) is 0 Å². The highest BCUT2D eigenvalue weighted by molar-refractivity contribution is 5.83. The molecular formula is C15H21N3O2. The molecule has 0 saturated heterocycles. The topological polar surface area (TPSA) is 75.1 Å². The number of aryl methyl sites for hydroxylation is 1. The van der Waals surface area contributed by atoms with Crippen LogP contribution in [0.1, 0.15) is 56.2 Å². The van der Waals surface area contributed by atoms with E-state index in [4.69, 9.17) is 0 Å². The van der Waals surface area contributed by atoms with Crippen LogP contribution in [-0.4, -0.2) is 26.6 Å². The van der Waals surface area contributed by atoms with Crippen molar-refractivity contribution in [3.05, 3.63) is 17.6 Å². The summed E-state index contributed by atoms with van der Waals surface area (Å²) in [6.07, 6.45) is 10.3. The van der Waals surface area contributed by atoms with E-state index < -0.39 is 11.5 Å². The first-order chi connectivity index (χ1) is 9.71. The summed E-state index contributed by atoms with van der Waals surface area (Å²) in [5, 5.41) is 12.8. The van der Waals surface area contributed by atoms with Gasteiger partial charge in [0.1, 0.15) is 17.7 Å². The van der Waals surface area contributed by atoms with E-state index in [2.05, 4.69) is 15.3 Å². The van der Waals surface area contributed by atoms with E-state index in [9.17, 15) is 9.90 Å². The third-order valence-corrected chi connectivity index (χ3v) is 4.60. The van der Waals surface area contributed by atoms with Gasteiger partial charge in [-0.3, -0.25) is 0 Å². The summed E-state index contributed by atoms with van der Waals surface area (Å²) in [7, 11) is 0. The van der Waals surface area contributed by atoms with Gasteiger partial charge in [0.2, 0.25) is 0 Å². The van der Waals surface area contributed by atoms with Gasteiger partial charge < -0.3 is 10.4 Å². The molecule has 0 spiro atoms. The van der Waals surface area contributed by atoms with E-state index in [1.807, 2.05) is 0 Å². The van der Waals surface area contributed by atoms with Gasteiger partial charge in [0.15, 0.2) is 0 Å². The lowest BCUT2D eigenvalue weighted by Gasteiger charge is -2.27. The standard InChI is InChI=1S/C15H21N3O2/c19-14(20)15(8-4-5-9-15)18-13-11-6-2-1-3-7-12(11)16-10-17-13/h10H,1-9H2,(H,19,20)(H,16,17,18). The predicted molar refractivity (Wildman–Crippen MR) is 75.7 cm³/mol. The third kappa shape index (κ3) is 2.37. The number of anilines is 1. The molecule has 0 radical (unpaired) electrons. The lowest BCUT2D eigenvalue weighted by atomic mass is 9.97. The molecule has 0 amide bonds. The summed E-state index contributed by atoms with van der Waals surface area (Å²) >= 11 is 0. The number of aromatic nitrogens is 2. The van der Waals surface area contributed by atoms with E-state index in [0.717, 1.165) is 55.6 Å². The van der Waals surface area contributed by atoms with Crippen molar-refractivity contribution in [1.29, 1.82) is 0 Å². The molecule has 1 aromatic heterocycles. The van der Waals surface area contributed by atoms with Crippen LogP contribution in [0.4, 0.5) is 5.82 Å². The molecule has 108 valence electrons. The van der Waals surface area contributed by atoms with Gasteiger partial charge in [0.25, 0.3) is 0 Å². The van der Waals surface area contributed by atoms with Crippen molar-refractivity contribution in [3.63, 3.8) is 0 Å². The Labute approximate surface area is 118 Å². The van der Waals surface area contributed by atoms with E-state index in [0.29, 0.717) is 12.8 Å². The fourth-order valence-electron chi connectivity index (χ4n) is 3.40. The fourth-order valence-corrected chi connectivity index (χ4v) is 3.40. The number of hydrogen-bond acceptors (Lipinski definition) is 4. The Balaban J connectivity index is 1.92. The van der Waals surface area contributed by atoms with E-state index >= 15 is 0 Å². The van der Waals surface area contributed by atoms with Crippen molar-refractivity contribution < 1.29 is 9.90 Å². The average molecular weight is 275 g/mol. The lowest BCUT2D eigenvalue weighted by Crippen LogP contribution is -2.44. The zero-order chi connectivity index (χ0) is 14.0. The molecule has 0 bridgehead atoms. The molecule has 2 aliphatic carbocycles. The second-order valence-electron chi connectivity index (χ2n) is 5.93. The van der Waals surface area contributed by atoms with Crippen molar-refractivity contribution in [1.82, 2.24) is 9.97 Å². The normalized spacial score (nSPS) is 21.0. The number of hydrogen-bond donors (Lipinski definition) is 2. The van der Waals surface area contributed by atoms with Crippen LogP contribution in [0.15, 0.2) is 6.33 Å². The molecule has 3 rings (SSSR count). The van der Waals surface area contributed by atoms with Crippen LogP contribution in [0.25, 0.3) is 0 Å². The van der Waals surface area contributed by atoms with Crippen LogP contribution in [0.3, 0.4) is 0 Å². The summed E-state index contributed by atoms with van der Waals surface area (Å²) in [5.74, 6) is -0.00261. The first-order valence-corrected chi connectivity index (χ1v) is 7.56. The summed E-state index contributed by atoms with van der Waals surface area (Å²) < 4.78 is 0. The van der Waals surface area contributed by atoms with Crippen molar-refractivity contribution >= 4 is 11.8 Å². The SMILES string of the molecule is O=C(O)C1(Nc2ncnc3c2CCCCC3)CCCC1. The smallest absolute Gasteiger partial charge is 0.329 e. The maximum absolute atomic E-state index is 11.7. The number of nitrogens with zero attached hydrogens (tertiary/aromatic N) is 2. The van der Waals surface area contributed by atoms with Crippen LogP contribution < -0.4 is 5.32 Å². The van der Waals surface area contributed by atoms with Gasteiger partial charge in [-0.05, 0) is 38.5 Å². The quantitative estimate of drug-likeness (QED) is 0.829. The molecule has 20 heavy (non-hydrogen) atoms. The van der Waals surface area contributed by atoms with E-state index in [1.54, 1.807) is 6.33 Å². The predicted octanol–water partition coefficient (Wildman–Crippen LogP) is 2.55. The number of fused-ring (bicyclic) bond motifs is 1. The average Bonchev–Trinajstić information content (AvgIpc) is 2.78. The Morgan fingerprint density at radius 2 is 1.85 bits per heavy atom. The Kier molecular flexibility index (Phi) is 3.59. The highest BCUT2D eigenvalue weighted by Crippen LogP contribution is 2.35. The molecular weight excluding hydrogens is 254 g/mol. The highest BCUT2D eigenvalue weighted by Gasteiger charge is 2.42. The number of rotatable bonds is 3. The van der Waals surface area contributed by atoms with Crippen LogP contribution >= 0.6 is 0 Å². The third-order valence-electron chi connectivity index (χ3n) is 4.60. The van der Waals surface area contributed by atoms with Gasteiger partial charge in [-0.15, -0.1) is 0 Å². The van der Waals surface area contributed by atoms with Gasteiger partial charge in [-0.2, -0.15) is 0 Å². The molecule has 0 aliphatic heterocycles. The maximum atomic E-state index is 11.7. The zero-order valence-electron chi connectivity index (χ0n) is 11.7. The van der Waals surface area contributed by atoms with Crippen LogP contribution in [0.5, 0.6) is 0 Å². The van der Waals surface area contributed by atoms with Gasteiger partial charge in [0, 0.05) is 11.3 Å². The van der Waals surface area contributed by atoms with E-state index in [1.165, 1.54) is 6.42 Å². The van der Waals surface area contributed by atoms with Crippen molar-refractivity contribution in [3.8, 4) is 0 Å². The minimum Gasteiger partial charge on any atom is -0.480 e. The number of carboxylic acids is 1. The first kappa shape index (κ1) is 13.3. The monoisotopic (exact) mass is 275 g/mol.